The molecule has 4 nitrogen and oxygen atoms in total. The molecule has 1 aromatic rings. The van der Waals surface area contributed by atoms with E-state index in [0.29, 0.717) is 13.0 Å². The van der Waals surface area contributed by atoms with Gasteiger partial charge in [0, 0.05) is 17.8 Å². The summed E-state index contributed by atoms with van der Waals surface area (Å²) in [5, 5.41) is 11.4. The van der Waals surface area contributed by atoms with Gasteiger partial charge in [0.2, 0.25) is 5.91 Å². The smallest absolute Gasteiger partial charge is 0.303 e. The van der Waals surface area contributed by atoms with Gasteiger partial charge in [0.25, 0.3) is 0 Å². The van der Waals surface area contributed by atoms with Crippen molar-refractivity contribution in [2.75, 3.05) is 6.54 Å². The van der Waals surface area contributed by atoms with Crippen LogP contribution in [0.1, 0.15) is 49.8 Å². The van der Waals surface area contributed by atoms with Crippen LogP contribution in [-0.2, 0) is 9.59 Å². The molecule has 0 aliphatic carbocycles. The van der Waals surface area contributed by atoms with E-state index in [4.69, 9.17) is 5.11 Å². The van der Waals surface area contributed by atoms with E-state index in [1.165, 1.54) is 0 Å². The standard InChI is InChI=1S/C14H20BrNO3S/c1-10(11-7-8-12(15)20-11)14(19)16-9-5-3-2-4-6-13(17)18/h7-8,10H,2-6,9H2,1H3,(H,16,19)(H,17,18). The Morgan fingerprint density at radius 3 is 2.60 bits per heavy atom. The molecule has 112 valence electrons. The fourth-order valence-electron chi connectivity index (χ4n) is 1.81. The highest BCUT2D eigenvalue weighted by Crippen LogP contribution is 2.28. The van der Waals surface area contributed by atoms with E-state index >= 15 is 0 Å². The zero-order valence-electron chi connectivity index (χ0n) is 11.5. The molecule has 1 unspecified atom stereocenters. The number of carboxylic acids is 1. The Bertz CT molecular complexity index is 447. The lowest BCUT2D eigenvalue weighted by Crippen LogP contribution is -2.28. The highest BCUT2D eigenvalue weighted by molar-refractivity contribution is 9.11. The van der Waals surface area contributed by atoms with Crippen LogP contribution in [0, 0.1) is 0 Å². The Labute approximate surface area is 131 Å². The zero-order chi connectivity index (χ0) is 15.0. The summed E-state index contributed by atoms with van der Waals surface area (Å²) in [5.74, 6) is -0.822. The second kappa shape index (κ2) is 9.13. The Morgan fingerprint density at radius 1 is 1.30 bits per heavy atom. The Morgan fingerprint density at radius 2 is 2.00 bits per heavy atom. The monoisotopic (exact) mass is 361 g/mol. The van der Waals surface area contributed by atoms with Crippen LogP contribution in [0.15, 0.2) is 15.9 Å². The van der Waals surface area contributed by atoms with Gasteiger partial charge in [0.15, 0.2) is 0 Å². The number of halogens is 1. The van der Waals surface area contributed by atoms with Crippen LogP contribution in [-0.4, -0.2) is 23.5 Å². The first-order valence-corrected chi connectivity index (χ1v) is 8.36. The predicted molar refractivity (Wildman–Crippen MR) is 84.2 cm³/mol. The number of carbonyl (C=O) groups excluding carboxylic acids is 1. The normalized spacial score (nSPS) is 12.1. The van der Waals surface area contributed by atoms with Crippen LogP contribution < -0.4 is 5.32 Å². The van der Waals surface area contributed by atoms with E-state index in [0.717, 1.165) is 27.9 Å². The summed E-state index contributed by atoms with van der Waals surface area (Å²) in [6.07, 6.45) is 3.69. The van der Waals surface area contributed by atoms with Crippen molar-refractivity contribution in [2.24, 2.45) is 0 Å². The molecule has 1 aromatic heterocycles. The van der Waals surface area contributed by atoms with Gasteiger partial charge in [0.05, 0.1) is 9.70 Å². The molecule has 1 amide bonds. The van der Waals surface area contributed by atoms with Crippen LogP contribution in [0.2, 0.25) is 0 Å². The van der Waals surface area contributed by atoms with Crippen molar-refractivity contribution in [3.05, 3.63) is 20.8 Å². The summed E-state index contributed by atoms with van der Waals surface area (Å²) in [4.78, 5) is 23.3. The Balaban J connectivity index is 2.12. The van der Waals surface area contributed by atoms with Crippen molar-refractivity contribution in [3.63, 3.8) is 0 Å². The number of carbonyl (C=O) groups is 2. The number of carboxylic acid groups (broad SMARTS) is 1. The number of nitrogens with one attached hydrogen (secondary N) is 1. The third-order valence-electron chi connectivity index (χ3n) is 3.03. The molecule has 1 atom stereocenters. The summed E-state index contributed by atoms with van der Waals surface area (Å²) in [6, 6.07) is 3.91. The zero-order valence-corrected chi connectivity index (χ0v) is 13.9. The van der Waals surface area contributed by atoms with Crippen molar-refractivity contribution >= 4 is 39.1 Å². The van der Waals surface area contributed by atoms with E-state index < -0.39 is 5.97 Å². The summed E-state index contributed by atoms with van der Waals surface area (Å²) >= 11 is 4.97. The Hall–Kier alpha value is -0.880. The summed E-state index contributed by atoms with van der Waals surface area (Å²) in [7, 11) is 0. The third kappa shape index (κ3) is 6.52. The number of aliphatic carboxylic acids is 1. The largest absolute Gasteiger partial charge is 0.481 e. The van der Waals surface area contributed by atoms with Gasteiger partial charge in [-0.2, -0.15) is 0 Å². The lowest BCUT2D eigenvalue weighted by Gasteiger charge is -2.10. The SMILES string of the molecule is CC(C(=O)NCCCCCCC(=O)O)c1ccc(Br)s1. The van der Waals surface area contributed by atoms with Crippen molar-refractivity contribution in [3.8, 4) is 0 Å². The van der Waals surface area contributed by atoms with Gasteiger partial charge >= 0.3 is 5.97 Å². The average molecular weight is 362 g/mol. The first kappa shape index (κ1) is 17.2. The van der Waals surface area contributed by atoms with Crippen molar-refractivity contribution in [1.29, 1.82) is 0 Å². The quantitative estimate of drug-likeness (QED) is 0.658. The molecule has 2 N–H and O–H groups in total. The minimum atomic E-state index is -0.741. The number of thiophene rings is 1. The van der Waals surface area contributed by atoms with Gasteiger partial charge in [-0.1, -0.05) is 12.8 Å². The van der Waals surface area contributed by atoms with Gasteiger partial charge in [-0.3, -0.25) is 9.59 Å². The number of hydrogen-bond acceptors (Lipinski definition) is 3. The molecule has 0 saturated heterocycles. The minimum Gasteiger partial charge on any atom is -0.481 e. The average Bonchev–Trinajstić information content (AvgIpc) is 2.82. The summed E-state index contributed by atoms with van der Waals surface area (Å²) in [6.45, 7) is 2.56. The molecule has 6 heteroatoms. The van der Waals surface area contributed by atoms with E-state index in [9.17, 15) is 9.59 Å². The van der Waals surface area contributed by atoms with Crippen LogP contribution in [0.4, 0.5) is 0 Å². The molecule has 0 bridgehead atoms. The molecule has 0 aromatic carbocycles. The molecule has 0 spiro atoms. The number of amides is 1. The maximum Gasteiger partial charge on any atom is 0.303 e. The molecular formula is C14H20BrNO3S. The first-order chi connectivity index (χ1) is 9.50. The highest BCUT2D eigenvalue weighted by atomic mass is 79.9. The van der Waals surface area contributed by atoms with Gasteiger partial charge in [-0.05, 0) is 47.8 Å². The summed E-state index contributed by atoms with van der Waals surface area (Å²) in [5.41, 5.74) is 0. The fraction of sp³-hybridized carbons (Fsp3) is 0.571. The third-order valence-corrected chi connectivity index (χ3v) is 4.84. The van der Waals surface area contributed by atoms with Gasteiger partial charge < -0.3 is 10.4 Å². The first-order valence-electron chi connectivity index (χ1n) is 6.75. The van der Waals surface area contributed by atoms with Crippen LogP contribution in [0.3, 0.4) is 0 Å². The fourth-order valence-corrected chi connectivity index (χ4v) is 3.28. The maximum atomic E-state index is 11.9. The maximum absolute atomic E-state index is 11.9. The molecule has 0 saturated carbocycles. The van der Waals surface area contributed by atoms with E-state index in [-0.39, 0.29) is 18.2 Å². The molecule has 1 rings (SSSR count). The topological polar surface area (TPSA) is 66.4 Å². The lowest BCUT2D eigenvalue weighted by atomic mass is 10.1. The molecule has 0 radical (unpaired) electrons. The molecule has 20 heavy (non-hydrogen) atoms. The van der Waals surface area contributed by atoms with Crippen molar-refractivity contribution in [1.82, 2.24) is 5.32 Å². The molecule has 0 aliphatic rings. The van der Waals surface area contributed by atoms with Gasteiger partial charge in [0.1, 0.15) is 0 Å². The van der Waals surface area contributed by atoms with Gasteiger partial charge in [-0.15, -0.1) is 11.3 Å². The van der Waals surface area contributed by atoms with E-state index in [1.54, 1.807) is 11.3 Å². The number of rotatable bonds is 9. The number of unbranched alkanes of at least 4 members (excludes halogenated alkanes) is 3. The minimum absolute atomic E-state index is 0.0462. The number of hydrogen-bond donors (Lipinski definition) is 2. The molecule has 0 fully saturated rings. The van der Waals surface area contributed by atoms with E-state index in [2.05, 4.69) is 21.2 Å². The summed E-state index contributed by atoms with van der Waals surface area (Å²) < 4.78 is 1.03. The molecule has 0 aliphatic heterocycles. The second-order valence-corrected chi connectivity index (χ2v) is 7.21. The molecule has 1 heterocycles. The lowest BCUT2D eigenvalue weighted by molar-refractivity contribution is -0.137. The van der Waals surface area contributed by atoms with Crippen LogP contribution >= 0.6 is 27.3 Å². The predicted octanol–water partition coefficient (Wildman–Crippen LogP) is 3.77. The van der Waals surface area contributed by atoms with E-state index in [1.807, 2.05) is 19.1 Å². The van der Waals surface area contributed by atoms with Gasteiger partial charge in [-0.25, -0.2) is 0 Å². The van der Waals surface area contributed by atoms with Crippen LogP contribution in [0.25, 0.3) is 0 Å². The highest BCUT2D eigenvalue weighted by Gasteiger charge is 2.16. The van der Waals surface area contributed by atoms with Crippen LogP contribution in [0.5, 0.6) is 0 Å². The molecular weight excluding hydrogens is 342 g/mol. The van der Waals surface area contributed by atoms with Crippen molar-refractivity contribution in [2.45, 2.75) is 44.9 Å². The second-order valence-electron chi connectivity index (χ2n) is 4.71. The Kier molecular flexibility index (Phi) is 7.84. The van der Waals surface area contributed by atoms with Crippen molar-refractivity contribution < 1.29 is 14.7 Å².